The molecule has 0 saturated carbocycles. The molecule has 2 aromatic rings. The highest BCUT2D eigenvalue weighted by Gasteiger charge is 2.02. The maximum Gasteiger partial charge on any atom is 0.139 e. The number of benzene rings is 1. The largest absolute Gasteiger partial charge is 0.506 e. The molecule has 0 bridgehead atoms. The highest BCUT2D eigenvalue weighted by atomic mass is 35.5. The fourth-order valence-corrected chi connectivity index (χ4v) is 1.36. The molecule has 0 atom stereocenters. The van der Waals surface area contributed by atoms with Gasteiger partial charge in [0.15, 0.2) is 0 Å². The summed E-state index contributed by atoms with van der Waals surface area (Å²) in [5.74, 6) is 0.223. The third-order valence-corrected chi connectivity index (χ3v) is 2.06. The molecule has 2 nitrogen and oxygen atoms in total. The van der Waals surface area contributed by atoms with Gasteiger partial charge in [0, 0.05) is 17.4 Å². The highest BCUT2D eigenvalue weighted by Crippen LogP contribution is 2.24. The smallest absolute Gasteiger partial charge is 0.139 e. The van der Waals surface area contributed by atoms with Gasteiger partial charge in [-0.3, -0.25) is 0 Å². The first kappa shape index (κ1) is 8.20. The summed E-state index contributed by atoms with van der Waals surface area (Å²) in [7, 11) is 0. The molecule has 66 valence electrons. The van der Waals surface area contributed by atoms with E-state index in [2.05, 4.69) is 0 Å². The van der Waals surface area contributed by atoms with Crippen LogP contribution in [0.4, 0.5) is 0 Å². The monoisotopic (exact) mass is 193 g/mol. The van der Waals surface area contributed by atoms with Crippen molar-refractivity contribution < 1.29 is 5.11 Å². The van der Waals surface area contributed by atoms with E-state index >= 15 is 0 Å². The minimum Gasteiger partial charge on any atom is -0.506 e. The number of hydrogen-bond donors (Lipinski definition) is 1. The average molecular weight is 194 g/mol. The van der Waals surface area contributed by atoms with E-state index in [1.54, 1.807) is 22.8 Å². The lowest BCUT2D eigenvalue weighted by Gasteiger charge is -2.05. The maximum atomic E-state index is 9.53. The van der Waals surface area contributed by atoms with Gasteiger partial charge in [0.25, 0.3) is 0 Å². The van der Waals surface area contributed by atoms with Gasteiger partial charge >= 0.3 is 0 Å². The summed E-state index contributed by atoms with van der Waals surface area (Å²) in [5, 5.41) is 10.1. The van der Waals surface area contributed by atoms with E-state index < -0.39 is 0 Å². The molecule has 0 aliphatic carbocycles. The Kier molecular flexibility index (Phi) is 1.99. The van der Waals surface area contributed by atoms with Crippen LogP contribution in [-0.2, 0) is 0 Å². The van der Waals surface area contributed by atoms with Crippen LogP contribution >= 0.6 is 11.6 Å². The van der Waals surface area contributed by atoms with Crippen LogP contribution in [0.25, 0.3) is 5.69 Å². The van der Waals surface area contributed by atoms with Crippen molar-refractivity contribution in [3.05, 3.63) is 47.7 Å². The SMILES string of the molecule is Oc1ccc(Cl)cc1-n1cccc1. The second kappa shape index (κ2) is 3.15. The Balaban J connectivity index is 2.57. The van der Waals surface area contributed by atoms with E-state index in [1.807, 2.05) is 24.5 Å². The second-order valence-corrected chi connectivity index (χ2v) is 3.16. The lowest BCUT2D eigenvalue weighted by Crippen LogP contribution is -1.89. The van der Waals surface area contributed by atoms with Gasteiger partial charge in [-0.2, -0.15) is 0 Å². The Hall–Kier alpha value is -1.41. The Morgan fingerprint density at radius 3 is 2.54 bits per heavy atom. The Morgan fingerprint density at radius 2 is 1.85 bits per heavy atom. The third-order valence-electron chi connectivity index (χ3n) is 1.82. The topological polar surface area (TPSA) is 25.2 Å². The number of phenols is 1. The summed E-state index contributed by atoms with van der Waals surface area (Å²) >= 11 is 5.81. The molecule has 0 aliphatic heterocycles. The van der Waals surface area contributed by atoms with Gasteiger partial charge in [0.05, 0.1) is 5.69 Å². The summed E-state index contributed by atoms with van der Waals surface area (Å²) in [6.07, 6.45) is 3.71. The molecule has 2 rings (SSSR count). The summed E-state index contributed by atoms with van der Waals surface area (Å²) in [5.41, 5.74) is 0.692. The van der Waals surface area contributed by atoms with Crippen molar-refractivity contribution in [3.8, 4) is 11.4 Å². The zero-order chi connectivity index (χ0) is 9.26. The van der Waals surface area contributed by atoms with E-state index in [9.17, 15) is 5.11 Å². The summed E-state index contributed by atoms with van der Waals surface area (Å²) in [6, 6.07) is 8.74. The molecule has 0 aliphatic rings. The van der Waals surface area contributed by atoms with Crippen LogP contribution in [0.2, 0.25) is 5.02 Å². The predicted molar refractivity (Wildman–Crippen MR) is 52.4 cm³/mol. The molecular formula is C10H8ClNO. The molecule has 3 heteroatoms. The Morgan fingerprint density at radius 1 is 1.15 bits per heavy atom. The van der Waals surface area contributed by atoms with Crippen LogP contribution in [0.15, 0.2) is 42.7 Å². The molecule has 0 saturated heterocycles. The lowest BCUT2D eigenvalue weighted by molar-refractivity contribution is 0.472. The fraction of sp³-hybridized carbons (Fsp3) is 0. The van der Waals surface area contributed by atoms with Crippen molar-refractivity contribution >= 4 is 11.6 Å². The first-order valence-corrected chi connectivity index (χ1v) is 4.27. The van der Waals surface area contributed by atoms with Gasteiger partial charge < -0.3 is 9.67 Å². The quantitative estimate of drug-likeness (QED) is 0.740. The first-order valence-electron chi connectivity index (χ1n) is 3.89. The van der Waals surface area contributed by atoms with Crippen molar-refractivity contribution in [1.29, 1.82) is 0 Å². The van der Waals surface area contributed by atoms with Crippen molar-refractivity contribution in [2.24, 2.45) is 0 Å². The van der Waals surface area contributed by atoms with Crippen LogP contribution in [-0.4, -0.2) is 9.67 Å². The van der Waals surface area contributed by atoms with Crippen LogP contribution in [0.5, 0.6) is 5.75 Å². The Labute approximate surface area is 81.0 Å². The minimum atomic E-state index is 0.223. The summed E-state index contributed by atoms with van der Waals surface area (Å²) in [6.45, 7) is 0. The van der Waals surface area contributed by atoms with Gasteiger partial charge in [-0.05, 0) is 30.3 Å². The van der Waals surface area contributed by atoms with E-state index in [4.69, 9.17) is 11.6 Å². The van der Waals surface area contributed by atoms with Crippen molar-refractivity contribution in [2.75, 3.05) is 0 Å². The van der Waals surface area contributed by atoms with Crippen molar-refractivity contribution in [1.82, 2.24) is 4.57 Å². The van der Waals surface area contributed by atoms with Gasteiger partial charge in [-0.1, -0.05) is 11.6 Å². The fourth-order valence-electron chi connectivity index (χ4n) is 1.20. The lowest BCUT2D eigenvalue weighted by atomic mass is 10.3. The van der Waals surface area contributed by atoms with Gasteiger partial charge in [-0.15, -0.1) is 0 Å². The van der Waals surface area contributed by atoms with Crippen LogP contribution < -0.4 is 0 Å². The molecule has 0 spiro atoms. The second-order valence-electron chi connectivity index (χ2n) is 2.72. The number of aromatic hydroxyl groups is 1. The number of aromatic nitrogens is 1. The van der Waals surface area contributed by atoms with E-state index in [0.717, 1.165) is 0 Å². The van der Waals surface area contributed by atoms with Crippen LogP contribution in [0.1, 0.15) is 0 Å². The normalized spacial score (nSPS) is 10.2. The molecule has 1 heterocycles. The molecule has 1 aromatic carbocycles. The molecule has 13 heavy (non-hydrogen) atoms. The van der Waals surface area contributed by atoms with E-state index in [1.165, 1.54) is 0 Å². The molecule has 1 N–H and O–H groups in total. The van der Waals surface area contributed by atoms with Gasteiger partial charge in [-0.25, -0.2) is 0 Å². The zero-order valence-corrected chi connectivity index (χ0v) is 7.57. The summed E-state index contributed by atoms with van der Waals surface area (Å²) < 4.78 is 1.81. The van der Waals surface area contributed by atoms with Crippen molar-refractivity contribution in [3.63, 3.8) is 0 Å². The molecule has 0 unspecified atom stereocenters. The average Bonchev–Trinajstić information content (AvgIpc) is 2.61. The van der Waals surface area contributed by atoms with E-state index in [0.29, 0.717) is 10.7 Å². The number of phenolic OH excluding ortho intramolecular Hbond substituents is 1. The maximum absolute atomic E-state index is 9.53. The first-order chi connectivity index (χ1) is 6.27. The highest BCUT2D eigenvalue weighted by molar-refractivity contribution is 6.30. The molecule has 0 fully saturated rings. The molecular weight excluding hydrogens is 186 g/mol. The van der Waals surface area contributed by atoms with Gasteiger partial charge in [0.1, 0.15) is 5.75 Å². The van der Waals surface area contributed by atoms with Crippen molar-refractivity contribution in [2.45, 2.75) is 0 Å². The van der Waals surface area contributed by atoms with Crippen LogP contribution in [0.3, 0.4) is 0 Å². The number of hydrogen-bond acceptors (Lipinski definition) is 1. The molecule has 0 amide bonds. The van der Waals surface area contributed by atoms with Gasteiger partial charge in [0.2, 0.25) is 0 Å². The molecule has 0 radical (unpaired) electrons. The Bertz CT molecular complexity index is 409. The number of nitrogens with zero attached hydrogens (tertiary/aromatic N) is 1. The van der Waals surface area contributed by atoms with E-state index in [-0.39, 0.29) is 5.75 Å². The third kappa shape index (κ3) is 1.53. The standard InChI is InChI=1S/C10H8ClNO/c11-8-3-4-10(13)9(7-8)12-5-1-2-6-12/h1-7,13H. The zero-order valence-electron chi connectivity index (χ0n) is 6.81. The number of halogens is 1. The number of rotatable bonds is 1. The molecule has 1 aromatic heterocycles. The predicted octanol–water partition coefficient (Wildman–Crippen LogP) is 2.84. The minimum absolute atomic E-state index is 0.223. The van der Waals surface area contributed by atoms with Crippen LogP contribution in [0, 0.1) is 0 Å². The summed E-state index contributed by atoms with van der Waals surface area (Å²) in [4.78, 5) is 0.